The second-order valence-corrected chi connectivity index (χ2v) is 6.37. The highest BCUT2D eigenvalue weighted by molar-refractivity contribution is 6.02. The van der Waals surface area contributed by atoms with Crippen molar-refractivity contribution >= 4 is 28.3 Å². The highest BCUT2D eigenvalue weighted by Crippen LogP contribution is 2.16. The third-order valence-electron chi connectivity index (χ3n) is 4.42. The topological polar surface area (TPSA) is 71.3 Å². The van der Waals surface area contributed by atoms with Gasteiger partial charge in [-0.25, -0.2) is 0 Å². The quantitative estimate of drug-likeness (QED) is 0.539. The molecule has 0 saturated carbocycles. The molecule has 1 heterocycles. The Morgan fingerprint density at radius 3 is 2.32 bits per heavy atom. The van der Waals surface area contributed by atoms with Gasteiger partial charge in [0, 0.05) is 17.8 Å². The summed E-state index contributed by atoms with van der Waals surface area (Å²) in [5.41, 5.74) is 2.15. The smallest absolute Gasteiger partial charge is 0.291 e. The molecule has 28 heavy (non-hydrogen) atoms. The summed E-state index contributed by atoms with van der Waals surface area (Å²) >= 11 is 0. The number of furan rings is 1. The molecule has 138 valence electrons. The first-order valence-electron chi connectivity index (χ1n) is 8.90. The molecule has 0 radical (unpaired) electrons. The Morgan fingerprint density at radius 1 is 0.786 bits per heavy atom. The average molecular weight is 370 g/mol. The van der Waals surface area contributed by atoms with Crippen molar-refractivity contribution in [3.05, 3.63) is 102 Å². The number of hydrogen-bond donors (Lipinski definition) is 2. The molecule has 0 unspecified atom stereocenters. The minimum Gasteiger partial charge on any atom is -0.459 e. The second-order valence-electron chi connectivity index (χ2n) is 6.37. The molecule has 0 aliphatic carbocycles. The van der Waals surface area contributed by atoms with Gasteiger partial charge in [-0.15, -0.1) is 0 Å². The molecule has 2 amide bonds. The standard InChI is InChI=1S/C23H18N2O3/c26-22(24-15-16-7-8-17-4-1-2-5-19(17)14-16)18-9-11-20(12-10-18)25-23(27)21-6-3-13-28-21/h1-14H,15H2,(H,24,26)(H,25,27). The number of hydrogen-bond acceptors (Lipinski definition) is 3. The second kappa shape index (κ2) is 7.80. The van der Waals surface area contributed by atoms with Gasteiger partial charge >= 0.3 is 0 Å². The lowest BCUT2D eigenvalue weighted by molar-refractivity contribution is 0.0950. The van der Waals surface area contributed by atoms with E-state index in [2.05, 4.69) is 28.8 Å². The summed E-state index contributed by atoms with van der Waals surface area (Å²) in [6.45, 7) is 0.445. The van der Waals surface area contributed by atoms with E-state index in [9.17, 15) is 9.59 Å². The first-order valence-corrected chi connectivity index (χ1v) is 8.90. The zero-order valence-corrected chi connectivity index (χ0v) is 15.0. The largest absolute Gasteiger partial charge is 0.459 e. The van der Waals surface area contributed by atoms with Crippen LogP contribution in [0.15, 0.2) is 89.5 Å². The van der Waals surface area contributed by atoms with Gasteiger partial charge < -0.3 is 15.1 Å². The normalized spacial score (nSPS) is 10.6. The van der Waals surface area contributed by atoms with Crippen LogP contribution in [0.2, 0.25) is 0 Å². The lowest BCUT2D eigenvalue weighted by Gasteiger charge is -2.08. The molecule has 5 heteroatoms. The van der Waals surface area contributed by atoms with E-state index in [-0.39, 0.29) is 17.6 Å². The summed E-state index contributed by atoms with van der Waals surface area (Å²) in [4.78, 5) is 24.4. The van der Waals surface area contributed by atoms with Crippen molar-refractivity contribution in [1.29, 1.82) is 0 Å². The van der Waals surface area contributed by atoms with Gasteiger partial charge in [-0.05, 0) is 58.8 Å². The van der Waals surface area contributed by atoms with E-state index in [1.807, 2.05) is 24.3 Å². The van der Waals surface area contributed by atoms with E-state index in [0.717, 1.165) is 10.9 Å². The van der Waals surface area contributed by atoms with Crippen LogP contribution in [0, 0.1) is 0 Å². The Kier molecular flexibility index (Phi) is 4.89. The average Bonchev–Trinajstić information content (AvgIpc) is 3.27. The Labute approximate surface area is 162 Å². The zero-order valence-electron chi connectivity index (χ0n) is 15.0. The third kappa shape index (κ3) is 3.94. The molecule has 0 saturated heterocycles. The van der Waals surface area contributed by atoms with Crippen LogP contribution >= 0.6 is 0 Å². The third-order valence-corrected chi connectivity index (χ3v) is 4.42. The van der Waals surface area contributed by atoms with E-state index in [4.69, 9.17) is 4.42 Å². The number of rotatable bonds is 5. The van der Waals surface area contributed by atoms with Crippen LogP contribution in [0.25, 0.3) is 10.8 Å². The number of nitrogens with one attached hydrogen (secondary N) is 2. The van der Waals surface area contributed by atoms with Crippen LogP contribution < -0.4 is 10.6 Å². The molecule has 5 nitrogen and oxygen atoms in total. The molecular formula is C23H18N2O3. The fraction of sp³-hybridized carbons (Fsp3) is 0.0435. The number of amides is 2. The van der Waals surface area contributed by atoms with E-state index in [0.29, 0.717) is 17.8 Å². The summed E-state index contributed by atoms with van der Waals surface area (Å²) in [6.07, 6.45) is 1.44. The highest BCUT2D eigenvalue weighted by atomic mass is 16.3. The summed E-state index contributed by atoms with van der Waals surface area (Å²) in [5.74, 6) is -0.271. The monoisotopic (exact) mass is 370 g/mol. The van der Waals surface area contributed by atoms with Crippen LogP contribution in [-0.4, -0.2) is 11.8 Å². The molecule has 0 spiro atoms. The van der Waals surface area contributed by atoms with E-state index >= 15 is 0 Å². The van der Waals surface area contributed by atoms with Crippen LogP contribution in [0.5, 0.6) is 0 Å². The molecule has 4 aromatic rings. The van der Waals surface area contributed by atoms with E-state index < -0.39 is 0 Å². The molecule has 0 bridgehead atoms. The highest BCUT2D eigenvalue weighted by Gasteiger charge is 2.10. The maximum atomic E-state index is 12.4. The van der Waals surface area contributed by atoms with Crippen molar-refractivity contribution in [2.75, 3.05) is 5.32 Å². The van der Waals surface area contributed by atoms with E-state index in [1.54, 1.807) is 36.4 Å². The first kappa shape index (κ1) is 17.5. The molecule has 0 aliphatic rings. The molecule has 2 N–H and O–H groups in total. The number of carbonyl (C=O) groups is 2. The van der Waals surface area contributed by atoms with Crippen molar-refractivity contribution in [2.45, 2.75) is 6.54 Å². The first-order chi connectivity index (χ1) is 13.7. The number of anilines is 1. The van der Waals surface area contributed by atoms with Crippen molar-refractivity contribution < 1.29 is 14.0 Å². The Hall–Kier alpha value is -3.86. The fourth-order valence-corrected chi connectivity index (χ4v) is 2.94. The minimum atomic E-state index is -0.335. The summed E-state index contributed by atoms with van der Waals surface area (Å²) < 4.78 is 5.05. The van der Waals surface area contributed by atoms with Gasteiger partial charge in [0.05, 0.1) is 6.26 Å². The van der Waals surface area contributed by atoms with Gasteiger partial charge in [0.25, 0.3) is 11.8 Å². The Bertz CT molecular complexity index is 1120. The van der Waals surface area contributed by atoms with Crippen LogP contribution in [0.1, 0.15) is 26.5 Å². The number of fused-ring (bicyclic) bond motifs is 1. The van der Waals surface area contributed by atoms with Crippen LogP contribution in [-0.2, 0) is 6.54 Å². The molecule has 3 aromatic carbocycles. The molecule has 0 atom stereocenters. The number of benzene rings is 3. The molecule has 4 rings (SSSR count). The van der Waals surface area contributed by atoms with Crippen molar-refractivity contribution in [2.24, 2.45) is 0 Å². The maximum absolute atomic E-state index is 12.4. The molecule has 0 aliphatic heterocycles. The van der Waals surface area contributed by atoms with Crippen molar-refractivity contribution in [3.63, 3.8) is 0 Å². The lowest BCUT2D eigenvalue weighted by Crippen LogP contribution is -2.22. The van der Waals surface area contributed by atoms with E-state index in [1.165, 1.54) is 11.6 Å². The lowest BCUT2D eigenvalue weighted by atomic mass is 10.1. The van der Waals surface area contributed by atoms with Gasteiger partial charge in [-0.1, -0.05) is 36.4 Å². The fourth-order valence-electron chi connectivity index (χ4n) is 2.94. The van der Waals surface area contributed by atoms with Gasteiger partial charge in [0.1, 0.15) is 0 Å². The molecule has 0 fully saturated rings. The maximum Gasteiger partial charge on any atom is 0.291 e. The Balaban J connectivity index is 1.37. The van der Waals surface area contributed by atoms with Crippen LogP contribution in [0.3, 0.4) is 0 Å². The summed E-state index contributed by atoms with van der Waals surface area (Å²) in [7, 11) is 0. The van der Waals surface area contributed by atoms with Gasteiger partial charge in [-0.3, -0.25) is 9.59 Å². The SMILES string of the molecule is O=C(NCc1ccc2ccccc2c1)c1ccc(NC(=O)c2ccco2)cc1. The Morgan fingerprint density at radius 2 is 1.57 bits per heavy atom. The molecular weight excluding hydrogens is 352 g/mol. The molecule has 1 aromatic heterocycles. The minimum absolute atomic E-state index is 0.169. The van der Waals surface area contributed by atoms with Gasteiger partial charge in [0.15, 0.2) is 5.76 Å². The summed E-state index contributed by atoms with van der Waals surface area (Å²) in [6, 6.07) is 24.2. The van der Waals surface area contributed by atoms with Crippen LogP contribution in [0.4, 0.5) is 5.69 Å². The zero-order chi connectivity index (χ0) is 19.3. The summed E-state index contributed by atoms with van der Waals surface area (Å²) in [5, 5.41) is 7.96. The van der Waals surface area contributed by atoms with Crippen molar-refractivity contribution in [3.8, 4) is 0 Å². The van der Waals surface area contributed by atoms with Gasteiger partial charge in [0.2, 0.25) is 0 Å². The predicted octanol–water partition coefficient (Wildman–Crippen LogP) is 4.62. The predicted molar refractivity (Wildman–Crippen MR) is 108 cm³/mol. The van der Waals surface area contributed by atoms with Crippen molar-refractivity contribution in [1.82, 2.24) is 5.32 Å². The van der Waals surface area contributed by atoms with Gasteiger partial charge in [-0.2, -0.15) is 0 Å². The number of carbonyl (C=O) groups excluding carboxylic acids is 2.